The molecule has 0 atom stereocenters. The van der Waals surface area contributed by atoms with Crippen molar-refractivity contribution >= 4 is 11.8 Å². The summed E-state index contributed by atoms with van der Waals surface area (Å²) in [5.41, 5.74) is 4.64. The minimum absolute atomic E-state index is 0.185. The van der Waals surface area contributed by atoms with Gasteiger partial charge in [0.2, 0.25) is 0 Å². The van der Waals surface area contributed by atoms with Gasteiger partial charge in [-0.3, -0.25) is 14.3 Å². The van der Waals surface area contributed by atoms with E-state index in [2.05, 4.69) is 10.4 Å². The Labute approximate surface area is 174 Å². The minimum Gasteiger partial charge on any atom is -0.347 e. The van der Waals surface area contributed by atoms with Gasteiger partial charge in [-0.2, -0.15) is 5.10 Å². The Balaban J connectivity index is 1.51. The summed E-state index contributed by atoms with van der Waals surface area (Å²) in [4.78, 5) is 27.3. The first-order valence-corrected chi connectivity index (χ1v) is 9.85. The van der Waals surface area contributed by atoms with E-state index >= 15 is 0 Å². The summed E-state index contributed by atoms with van der Waals surface area (Å²) in [6.45, 7) is 3.23. The number of carbonyl (C=O) groups is 2. The summed E-state index contributed by atoms with van der Waals surface area (Å²) in [5.74, 6) is -0.827. The van der Waals surface area contributed by atoms with E-state index in [4.69, 9.17) is 0 Å². The monoisotopic (exact) mass is 406 g/mol. The summed E-state index contributed by atoms with van der Waals surface area (Å²) in [6, 6.07) is 13.5. The molecule has 0 unspecified atom stereocenters. The fourth-order valence-corrected chi connectivity index (χ4v) is 3.81. The van der Waals surface area contributed by atoms with Gasteiger partial charge in [0.1, 0.15) is 5.82 Å². The largest absolute Gasteiger partial charge is 0.347 e. The van der Waals surface area contributed by atoms with Gasteiger partial charge >= 0.3 is 0 Å². The molecule has 3 aromatic rings. The van der Waals surface area contributed by atoms with E-state index in [9.17, 15) is 14.0 Å². The lowest BCUT2D eigenvalue weighted by Gasteiger charge is -2.27. The third-order valence-corrected chi connectivity index (χ3v) is 5.37. The summed E-state index contributed by atoms with van der Waals surface area (Å²) in [6.07, 6.45) is 0.608. The third-order valence-electron chi connectivity index (χ3n) is 5.37. The number of rotatable bonds is 4. The number of amides is 2. The van der Waals surface area contributed by atoms with Gasteiger partial charge in [-0.25, -0.2) is 4.39 Å². The van der Waals surface area contributed by atoms with Crippen LogP contribution in [0, 0.1) is 12.7 Å². The number of aryl methyl sites for hydroxylation is 2. The molecule has 2 heterocycles. The second kappa shape index (κ2) is 8.10. The lowest BCUT2D eigenvalue weighted by Crippen LogP contribution is -2.37. The SMILES string of the molecule is Cc1cccc(CNC(=O)c2nn(C)c3c2CN(C(=O)c2ccc(F)cc2)CC3)c1. The molecule has 4 rings (SSSR count). The van der Waals surface area contributed by atoms with Crippen LogP contribution in [0.25, 0.3) is 0 Å². The molecule has 1 aliphatic rings. The van der Waals surface area contributed by atoms with Gasteiger partial charge in [-0.15, -0.1) is 0 Å². The number of aromatic nitrogens is 2. The Morgan fingerprint density at radius 2 is 1.93 bits per heavy atom. The highest BCUT2D eigenvalue weighted by molar-refractivity contribution is 5.96. The minimum atomic E-state index is -0.382. The fourth-order valence-electron chi connectivity index (χ4n) is 3.81. The average Bonchev–Trinajstić information content (AvgIpc) is 3.08. The van der Waals surface area contributed by atoms with Crippen molar-refractivity contribution in [2.75, 3.05) is 6.54 Å². The fraction of sp³-hybridized carbons (Fsp3) is 0.261. The van der Waals surface area contributed by atoms with Crippen molar-refractivity contribution in [1.82, 2.24) is 20.0 Å². The maximum atomic E-state index is 13.2. The summed E-state index contributed by atoms with van der Waals surface area (Å²) < 4.78 is 14.9. The molecule has 0 bridgehead atoms. The van der Waals surface area contributed by atoms with Gasteiger partial charge in [-0.1, -0.05) is 29.8 Å². The standard InChI is InChI=1S/C23H23FN4O2/c1-15-4-3-5-16(12-15)13-25-22(29)21-19-14-28(11-10-20(19)27(2)26-21)23(30)17-6-8-18(24)9-7-17/h3-9,12H,10-11,13-14H2,1-2H3,(H,25,29). The number of benzene rings is 2. The van der Waals surface area contributed by atoms with Crippen molar-refractivity contribution in [3.63, 3.8) is 0 Å². The molecule has 0 spiro atoms. The van der Waals surface area contributed by atoms with Crippen LogP contribution in [-0.4, -0.2) is 33.0 Å². The Hall–Kier alpha value is -3.48. The van der Waals surface area contributed by atoms with Crippen LogP contribution < -0.4 is 5.32 Å². The Bertz CT molecular complexity index is 1100. The van der Waals surface area contributed by atoms with E-state index < -0.39 is 0 Å². The Kier molecular flexibility index (Phi) is 5.35. The molecule has 0 aliphatic carbocycles. The molecule has 2 amide bonds. The van der Waals surface area contributed by atoms with Crippen molar-refractivity contribution in [2.24, 2.45) is 7.05 Å². The zero-order valence-corrected chi connectivity index (χ0v) is 17.0. The molecular formula is C23H23FN4O2. The van der Waals surface area contributed by atoms with Crippen LogP contribution in [0.2, 0.25) is 0 Å². The van der Waals surface area contributed by atoms with Crippen molar-refractivity contribution in [1.29, 1.82) is 0 Å². The van der Waals surface area contributed by atoms with Crippen molar-refractivity contribution < 1.29 is 14.0 Å². The highest BCUT2D eigenvalue weighted by Crippen LogP contribution is 2.24. The first kappa shape index (κ1) is 19.8. The molecule has 2 aromatic carbocycles. The summed E-state index contributed by atoms with van der Waals surface area (Å²) >= 11 is 0. The molecule has 0 radical (unpaired) electrons. The molecular weight excluding hydrogens is 383 g/mol. The number of halogens is 1. The van der Waals surface area contributed by atoms with Crippen LogP contribution in [0.1, 0.15) is 43.2 Å². The summed E-state index contributed by atoms with van der Waals surface area (Å²) in [7, 11) is 1.81. The van der Waals surface area contributed by atoms with Gasteiger partial charge in [0.05, 0.1) is 6.54 Å². The number of hydrogen-bond donors (Lipinski definition) is 1. The zero-order chi connectivity index (χ0) is 21.3. The number of carbonyl (C=O) groups excluding carboxylic acids is 2. The van der Waals surface area contributed by atoms with Gasteiger partial charge < -0.3 is 10.2 Å². The molecule has 30 heavy (non-hydrogen) atoms. The average molecular weight is 406 g/mol. The van der Waals surface area contributed by atoms with Crippen LogP contribution >= 0.6 is 0 Å². The first-order chi connectivity index (χ1) is 14.4. The number of fused-ring (bicyclic) bond motifs is 1. The van der Waals surface area contributed by atoms with Crippen LogP contribution in [0.4, 0.5) is 4.39 Å². The highest BCUT2D eigenvalue weighted by Gasteiger charge is 2.29. The summed E-state index contributed by atoms with van der Waals surface area (Å²) in [5, 5.41) is 7.35. The topological polar surface area (TPSA) is 67.2 Å². The molecule has 1 aromatic heterocycles. The number of nitrogens with one attached hydrogen (secondary N) is 1. The smallest absolute Gasteiger partial charge is 0.272 e. The highest BCUT2D eigenvalue weighted by atomic mass is 19.1. The Morgan fingerprint density at radius 1 is 1.17 bits per heavy atom. The molecule has 1 N–H and O–H groups in total. The Morgan fingerprint density at radius 3 is 2.67 bits per heavy atom. The van der Waals surface area contributed by atoms with E-state index in [-0.39, 0.29) is 17.6 Å². The van der Waals surface area contributed by atoms with Crippen LogP contribution in [0.15, 0.2) is 48.5 Å². The van der Waals surface area contributed by atoms with Crippen molar-refractivity contribution in [3.8, 4) is 0 Å². The van der Waals surface area contributed by atoms with Crippen molar-refractivity contribution in [3.05, 3.63) is 88.0 Å². The predicted molar refractivity (Wildman–Crippen MR) is 110 cm³/mol. The quantitative estimate of drug-likeness (QED) is 0.724. The van der Waals surface area contributed by atoms with Gasteiger partial charge in [0, 0.05) is 43.4 Å². The second-order valence-corrected chi connectivity index (χ2v) is 7.55. The number of nitrogens with zero attached hydrogens (tertiary/aromatic N) is 3. The van der Waals surface area contributed by atoms with E-state index in [0.717, 1.165) is 22.4 Å². The lowest BCUT2D eigenvalue weighted by atomic mass is 10.0. The van der Waals surface area contributed by atoms with E-state index in [1.54, 1.807) is 9.58 Å². The molecule has 6 nitrogen and oxygen atoms in total. The van der Waals surface area contributed by atoms with Crippen LogP contribution in [0.5, 0.6) is 0 Å². The van der Waals surface area contributed by atoms with Crippen LogP contribution in [-0.2, 0) is 26.6 Å². The second-order valence-electron chi connectivity index (χ2n) is 7.55. The van der Waals surface area contributed by atoms with Gasteiger partial charge in [0.25, 0.3) is 11.8 Å². The van der Waals surface area contributed by atoms with E-state index in [1.165, 1.54) is 24.3 Å². The molecule has 0 fully saturated rings. The predicted octanol–water partition coefficient (Wildman–Crippen LogP) is 3.00. The van der Waals surface area contributed by atoms with E-state index in [1.807, 2.05) is 38.2 Å². The van der Waals surface area contributed by atoms with Gasteiger partial charge in [-0.05, 0) is 36.8 Å². The molecule has 7 heteroatoms. The normalized spacial score (nSPS) is 13.1. The maximum Gasteiger partial charge on any atom is 0.272 e. The lowest BCUT2D eigenvalue weighted by molar-refractivity contribution is 0.0730. The van der Waals surface area contributed by atoms with Crippen molar-refractivity contribution in [2.45, 2.75) is 26.4 Å². The maximum absolute atomic E-state index is 13.2. The first-order valence-electron chi connectivity index (χ1n) is 9.85. The number of hydrogen-bond acceptors (Lipinski definition) is 3. The van der Waals surface area contributed by atoms with Crippen LogP contribution in [0.3, 0.4) is 0 Å². The molecule has 0 saturated carbocycles. The molecule has 154 valence electrons. The third kappa shape index (κ3) is 3.96. The molecule has 0 saturated heterocycles. The zero-order valence-electron chi connectivity index (χ0n) is 17.0. The van der Waals surface area contributed by atoms with E-state index in [0.29, 0.717) is 37.3 Å². The molecule has 1 aliphatic heterocycles. The van der Waals surface area contributed by atoms with Gasteiger partial charge in [0.15, 0.2) is 5.69 Å².